The number of imide groups is 1. The zero-order valence-electron chi connectivity index (χ0n) is 18.2. The zero-order valence-corrected chi connectivity index (χ0v) is 18.2. The van der Waals surface area contributed by atoms with Crippen molar-refractivity contribution in [3.8, 4) is 0 Å². The largest absolute Gasteiger partial charge is 0.278 e. The maximum absolute atomic E-state index is 14.3. The molecule has 164 valence electrons. The van der Waals surface area contributed by atoms with Gasteiger partial charge >= 0.3 is 0 Å². The Morgan fingerprint density at radius 1 is 0.618 bits per heavy atom. The summed E-state index contributed by atoms with van der Waals surface area (Å²) in [4.78, 5) is 42.2. The number of hydrogen-bond acceptors (Lipinski definition) is 3. The van der Waals surface area contributed by atoms with Crippen LogP contribution >= 0.6 is 0 Å². The van der Waals surface area contributed by atoms with Crippen molar-refractivity contribution in [1.82, 2.24) is 9.47 Å². The number of para-hydroxylation sites is 2. The minimum Gasteiger partial charge on any atom is -0.278 e. The Kier molecular flexibility index (Phi) is 4.62. The molecule has 5 heteroatoms. The molecule has 34 heavy (non-hydrogen) atoms. The maximum Gasteiger partial charge on any atom is 0.262 e. The first kappa shape index (κ1) is 20.1. The van der Waals surface area contributed by atoms with Gasteiger partial charge in [0.15, 0.2) is 0 Å². The number of carbonyl (C=O) groups excluding carboxylic acids is 3. The summed E-state index contributed by atoms with van der Waals surface area (Å²) in [5, 5.41) is 1.90. The molecule has 1 unspecified atom stereocenters. The number of fused-ring (bicyclic) bond motifs is 4. The number of rotatable bonds is 4. The molecule has 1 atom stereocenters. The summed E-state index contributed by atoms with van der Waals surface area (Å²) in [6.07, 6.45) is 0.228. The quantitative estimate of drug-likeness (QED) is 0.352. The summed E-state index contributed by atoms with van der Waals surface area (Å²) in [7, 11) is 0. The van der Waals surface area contributed by atoms with Crippen molar-refractivity contribution in [2.75, 3.05) is 0 Å². The fraction of sp³-hybridized carbons (Fsp3) is 0.0690. The van der Waals surface area contributed by atoms with Crippen molar-refractivity contribution >= 4 is 39.5 Å². The van der Waals surface area contributed by atoms with E-state index in [1.54, 1.807) is 28.8 Å². The lowest BCUT2D eigenvalue weighted by atomic mass is 10.0. The lowest BCUT2D eigenvalue weighted by Crippen LogP contribution is -2.48. The van der Waals surface area contributed by atoms with Crippen LogP contribution in [0.3, 0.4) is 0 Å². The third-order valence-electron chi connectivity index (χ3n) is 6.49. The summed E-state index contributed by atoms with van der Waals surface area (Å²) in [6.45, 7) is 0. The Morgan fingerprint density at radius 3 is 1.65 bits per heavy atom. The molecular weight excluding hydrogens is 424 g/mol. The van der Waals surface area contributed by atoms with Gasteiger partial charge in [-0.2, -0.15) is 0 Å². The van der Waals surface area contributed by atoms with Crippen LogP contribution in [0.15, 0.2) is 103 Å². The van der Waals surface area contributed by atoms with Crippen molar-refractivity contribution in [2.45, 2.75) is 12.5 Å². The second-order valence-electron chi connectivity index (χ2n) is 8.44. The molecule has 4 aromatic carbocycles. The van der Waals surface area contributed by atoms with Crippen molar-refractivity contribution in [3.63, 3.8) is 0 Å². The number of hydrogen-bond donors (Lipinski definition) is 0. The Labute approximate surface area is 195 Å². The van der Waals surface area contributed by atoms with Crippen LogP contribution in [0.5, 0.6) is 0 Å². The molecule has 0 saturated heterocycles. The van der Waals surface area contributed by atoms with E-state index in [1.807, 2.05) is 78.9 Å². The van der Waals surface area contributed by atoms with Crippen LogP contribution in [0.25, 0.3) is 21.8 Å². The van der Waals surface area contributed by atoms with Crippen LogP contribution in [0, 0.1) is 0 Å². The molecule has 5 nitrogen and oxygen atoms in total. The van der Waals surface area contributed by atoms with Gasteiger partial charge in [0.25, 0.3) is 17.7 Å². The van der Waals surface area contributed by atoms with Gasteiger partial charge in [-0.05, 0) is 29.8 Å². The van der Waals surface area contributed by atoms with Crippen molar-refractivity contribution in [2.24, 2.45) is 0 Å². The van der Waals surface area contributed by atoms with E-state index in [4.69, 9.17) is 0 Å². The van der Waals surface area contributed by atoms with E-state index in [0.29, 0.717) is 11.1 Å². The third kappa shape index (κ3) is 2.98. The van der Waals surface area contributed by atoms with Gasteiger partial charge < -0.3 is 0 Å². The molecule has 0 aliphatic carbocycles. The average molecular weight is 444 g/mol. The fourth-order valence-corrected chi connectivity index (χ4v) is 4.93. The summed E-state index contributed by atoms with van der Waals surface area (Å²) in [5.74, 6) is -1.18. The van der Waals surface area contributed by atoms with Gasteiger partial charge in [-0.25, -0.2) is 0 Å². The lowest BCUT2D eigenvalue weighted by Gasteiger charge is -2.26. The highest BCUT2D eigenvalue weighted by molar-refractivity contribution is 6.23. The fourth-order valence-electron chi connectivity index (χ4n) is 4.93. The van der Waals surface area contributed by atoms with Gasteiger partial charge in [-0.1, -0.05) is 78.9 Å². The Morgan fingerprint density at radius 2 is 1.09 bits per heavy atom. The van der Waals surface area contributed by atoms with E-state index in [2.05, 4.69) is 0 Å². The molecule has 0 spiro atoms. The molecule has 1 aliphatic rings. The number of benzene rings is 4. The van der Waals surface area contributed by atoms with Crippen molar-refractivity contribution in [1.29, 1.82) is 0 Å². The van der Waals surface area contributed by atoms with Gasteiger partial charge in [0.1, 0.15) is 6.04 Å². The second-order valence-corrected chi connectivity index (χ2v) is 8.44. The highest BCUT2D eigenvalue weighted by atomic mass is 16.2. The van der Waals surface area contributed by atoms with Crippen LogP contribution in [0.1, 0.15) is 31.1 Å². The van der Waals surface area contributed by atoms with Gasteiger partial charge in [0.2, 0.25) is 0 Å². The van der Waals surface area contributed by atoms with Crippen LogP contribution < -0.4 is 0 Å². The molecule has 0 saturated carbocycles. The third-order valence-corrected chi connectivity index (χ3v) is 6.49. The van der Waals surface area contributed by atoms with Gasteiger partial charge in [-0.15, -0.1) is 0 Å². The topological polar surface area (TPSA) is 59.4 Å². The standard InChI is InChI=1S/C29H20N2O3/c32-27-22-14-4-5-15-23(22)28(33)31(27)26(18-19-10-2-1-3-11-19)29(34)30-24-16-8-6-12-20(24)21-13-7-9-17-25(21)30/h1-17,26H,18H2. The molecule has 0 fully saturated rings. The van der Waals surface area contributed by atoms with E-state index in [0.717, 1.165) is 32.3 Å². The average Bonchev–Trinajstić information content (AvgIpc) is 3.35. The lowest BCUT2D eigenvalue weighted by molar-refractivity contribution is 0.0516. The molecule has 0 bridgehead atoms. The van der Waals surface area contributed by atoms with E-state index >= 15 is 0 Å². The highest BCUT2D eigenvalue weighted by Gasteiger charge is 2.43. The molecule has 1 aliphatic heterocycles. The smallest absolute Gasteiger partial charge is 0.262 e. The van der Waals surface area contributed by atoms with E-state index < -0.39 is 17.9 Å². The van der Waals surface area contributed by atoms with Crippen LogP contribution in [-0.4, -0.2) is 33.2 Å². The zero-order chi connectivity index (χ0) is 23.2. The number of amides is 2. The van der Waals surface area contributed by atoms with Crippen LogP contribution in [0.2, 0.25) is 0 Å². The number of aromatic nitrogens is 1. The van der Waals surface area contributed by atoms with Crippen molar-refractivity contribution in [3.05, 3.63) is 120 Å². The highest BCUT2D eigenvalue weighted by Crippen LogP contribution is 2.32. The first-order chi connectivity index (χ1) is 16.6. The van der Waals surface area contributed by atoms with E-state index in [1.165, 1.54) is 0 Å². The van der Waals surface area contributed by atoms with Gasteiger partial charge in [-0.3, -0.25) is 23.9 Å². The molecule has 0 N–H and O–H groups in total. The molecule has 6 rings (SSSR count). The minimum absolute atomic E-state index is 0.228. The molecule has 2 amide bonds. The predicted octanol–water partition coefficient (Wildman–Crippen LogP) is 5.34. The molecule has 2 heterocycles. The van der Waals surface area contributed by atoms with E-state index in [-0.39, 0.29) is 12.3 Å². The molecule has 1 aromatic heterocycles. The molecule has 0 radical (unpaired) electrons. The monoisotopic (exact) mass is 444 g/mol. The maximum atomic E-state index is 14.3. The molecule has 5 aromatic rings. The molecular formula is C29H20N2O3. The van der Waals surface area contributed by atoms with Crippen LogP contribution in [-0.2, 0) is 6.42 Å². The second kappa shape index (κ2) is 7.81. The number of nitrogens with zero attached hydrogens (tertiary/aromatic N) is 2. The Bertz CT molecular complexity index is 1510. The first-order valence-electron chi connectivity index (χ1n) is 11.2. The Balaban J connectivity index is 1.54. The summed E-state index contributed by atoms with van der Waals surface area (Å²) < 4.78 is 1.65. The first-order valence-corrected chi connectivity index (χ1v) is 11.2. The Hall–Kier alpha value is -4.51. The number of carbonyl (C=O) groups is 3. The SMILES string of the molecule is O=C1c2ccccc2C(=O)N1C(Cc1ccccc1)C(=O)n1c2ccccc2c2ccccc21. The van der Waals surface area contributed by atoms with Crippen LogP contribution in [0.4, 0.5) is 0 Å². The normalized spacial score (nSPS) is 14.1. The van der Waals surface area contributed by atoms with E-state index in [9.17, 15) is 14.4 Å². The van der Waals surface area contributed by atoms with Gasteiger partial charge in [0.05, 0.1) is 22.2 Å². The minimum atomic E-state index is -0.992. The summed E-state index contributed by atoms with van der Waals surface area (Å²) in [5.41, 5.74) is 3.05. The predicted molar refractivity (Wildman–Crippen MR) is 131 cm³/mol. The van der Waals surface area contributed by atoms with Gasteiger partial charge in [0, 0.05) is 17.2 Å². The summed E-state index contributed by atoms with van der Waals surface area (Å²) in [6, 6.07) is 30.7. The van der Waals surface area contributed by atoms with Crippen molar-refractivity contribution < 1.29 is 14.4 Å². The summed E-state index contributed by atoms with van der Waals surface area (Å²) >= 11 is 0.